The second-order valence-electron chi connectivity index (χ2n) is 4.95. The largest absolute Gasteiger partial charge is 0.367 e. The minimum absolute atomic E-state index is 0.270. The van der Waals surface area contributed by atoms with Gasteiger partial charge in [-0.05, 0) is 32.6 Å². The van der Waals surface area contributed by atoms with Crippen LogP contribution in [0.4, 0.5) is 0 Å². The first-order valence-corrected chi connectivity index (χ1v) is 6.53. The van der Waals surface area contributed by atoms with Gasteiger partial charge in [-0.3, -0.25) is 0 Å². The van der Waals surface area contributed by atoms with Gasteiger partial charge in [0, 0.05) is 19.7 Å². The van der Waals surface area contributed by atoms with Gasteiger partial charge in [-0.2, -0.15) is 4.98 Å². The highest BCUT2D eigenvalue weighted by Gasteiger charge is 2.41. The zero-order valence-electron chi connectivity index (χ0n) is 10.2. The smallest absolute Gasteiger partial charge is 0.232 e. The molecule has 2 aliphatic rings. The van der Waals surface area contributed by atoms with E-state index in [1.807, 2.05) is 6.92 Å². The maximum Gasteiger partial charge on any atom is 0.232 e. The number of aromatic nitrogens is 2. The van der Waals surface area contributed by atoms with Gasteiger partial charge in [0.05, 0.1) is 5.92 Å². The molecule has 94 valence electrons. The van der Waals surface area contributed by atoms with Crippen molar-refractivity contribution in [3.63, 3.8) is 0 Å². The van der Waals surface area contributed by atoms with E-state index in [4.69, 9.17) is 9.26 Å². The molecule has 5 heteroatoms. The topological polar surface area (TPSA) is 60.2 Å². The lowest BCUT2D eigenvalue weighted by molar-refractivity contribution is -0.0469. The third-order valence-electron chi connectivity index (χ3n) is 3.81. The van der Waals surface area contributed by atoms with Gasteiger partial charge in [-0.15, -0.1) is 0 Å². The molecule has 5 nitrogen and oxygen atoms in total. The second kappa shape index (κ2) is 4.38. The molecule has 2 heterocycles. The van der Waals surface area contributed by atoms with Crippen LogP contribution in [-0.2, 0) is 10.3 Å². The average Bonchev–Trinajstić information content (AvgIpc) is 2.85. The van der Waals surface area contributed by atoms with E-state index in [2.05, 4.69) is 15.5 Å². The van der Waals surface area contributed by atoms with E-state index in [9.17, 15) is 0 Å². The van der Waals surface area contributed by atoms with E-state index in [1.54, 1.807) is 0 Å². The van der Waals surface area contributed by atoms with Gasteiger partial charge in [0.2, 0.25) is 11.7 Å². The zero-order chi connectivity index (χ0) is 11.7. The van der Waals surface area contributed by atoms with Crippen LogP contribution in [0.25, 0.3) is 0 Å². The Balaban J connectivity index is 1.82. The van der Waals surface area contributed by atoms with Gasteiger partial charge >= 0.3 is 0 Å². The van der Waals surface area contributed by atoms with Crippen LogP contribution in [-0.4, -0.2) is 29.8 Å². The van der Waals surface area contributed by atoms with E-state index >= 15 is 0 Å². The van der Waals surface area contributed by atoms with Gasteiger partial charge in [0.25, 0.3) is 0 Å². The number of hydrogen-bond acceptors (Lipinski definition) is 5. The molecule has 1 aliphatic heterocycles. The molecular weight excluding hydrogens is 218 g/mol. The third kappa shape index (κ3) is 1.87. The van der Waals surface area contributed by atoms with Gasteiger partial charge in [0.1, 0.15) is 5.60 Å². The van der Waals surface area contributed by atoms with E-state index in [1.165, 1.54) is 12.8 Å². The molecule has 0 aromatic carbocycles. The Morgan fingerprint density at radius 1 is 1.41 bits per heavy atom. The first kappa shape index (κ1) is 11.2. The summed E-state index contributed by atoms with van der Waals surface area (Å²) >= 11 is 0. The third-order valence-corrected chi connectivity index (χ3v) is 3.81. The lowest BCUT2D eigenvalue weighted by Crippen LogP contribution is -2.40. The summed E-state index contributed by atoms with van der Waals surface area (Å²) in [5.74, 6) is 1.93. The van der Waals surface area contributed by atoms with Crippen LogP contribution in [0, 0.1) is 0 Å². The minimum Gasteiger partial charge on any atom is -0.367 e. The molecule has 17 heavy (non-hydrogen) atoms. The van der Waals surface area contributed by atoms with Crippen LogP contribution in [0.2, 0.25) is 0 Å². The van der Waals surface area contributed by atoms with Gasteiger partial charge in [-0.25, -0.2) is 0 Å². The summed E-state index contributed by atoms with van der Waals surface area (Å²) in [6, 6.07) is 0. The average molecular weight is 237 g/mol. The highest BCUT2D eigenvalue weighted by Crippen LogP contribution is 2.41. The Bertz CT molecular complexity index is 381. The quantitative estimate of drug-likeness (QED) is 0.861. The van der Waals surface area contributed by atoms with Crippen LogP contribution < -0.4 is 5.32 Å². The van der Waals surface area contributed by atoms with Crippen LogP contribution in [0.15, 0.2) is 4.52 Å². The molecule has 0 amide bonds. The molecule has 1 aromatic rings. The molecular formula is C12H19N3O2. The Kier molecular flexibility index (Phi) is 2.88. The number of nitrogens with zero attached hydrogens (tertiary/aromatic N) is 2. The Labute approximate surface area is 101 Å². The van der Waals surface area contributed by atoms with Gasteiger partial charge < -0.3 is 14.6 Å². The normalized spacial score (nSPS) is 23.8. The highest BCUT2D eigenvalue weighted by atomic mass is 16.5. The van der Waals surface area contributed by atoms with E-state index < -0.39 is 0 Å². The summed E-state index contributed by atoms with van der Waals surface area (Å²) in [5.41, 5.74) is -0.270. The van der Waals surface area contributed by atoms with E-state index in [0.717, 1.165) is 37.6 Å². The van der Waals surface area contributed by atoms with E-state index in [0.29, 0.717) is 12.5 Å². The lowest BCUT2D eigenvalue weighted by Gasteiger charge is -2.25. The highest BCUT2D eigenvalue weighted by molar-refractivity contribution is 5.08. The van der Waals surface area contributed by atoms with Crippen molar-refractivity contribution in [2.45, 2.75) is 44.1 Å². The molecule has 1 aliphatic carbocycles. The van der Waals surface area contributed by atoms with Crippen LogP contribution in [0.1, 0.15) is 50.2 Å². The second-order valence-corrected chi connectivity index (χ2v) is 4.95. The molecule has 2 fully saturated rings. The molecule has 1 aromatic heterocycles. The summed E-state index contributed by atoms with van der Waals surface area (Å²) in [4.78, 5) is 4.56. The van der Waals surface area contributed by atoms with E-state index in [-0.39, 0.29) is 5.60 Å². The fraction of sp³-hybridized carbons (Fsp3) is 0.833. The van der Waals surface area contributed by atoms with Crippen molar-refractivity contribution in [3.05, 3.63) is 11.7 Å². The van der Waals surface area contributed by atoms with Crippen molar-refractivity contribution in [2.75, 3.05) is 19.7 Å². The zero-order valence-corrected chi connectivity index (χ0v) is 10.2. The summed E-state index contributed by atoms with van der Waals surface area (Å²) < 4.78 is 11.3. The maximum atomic E-state index is 5.92. The Morgan fingerprint density at radius 2 is 2.18 bits per heavy atom. The predicted octanol–water partition coefficient (Wildman–Crippen LogP) is 1.56. The first-order chi connectivity index (χ1) is 8.34. The van der Waals surface area contributed by atoms with Crippen molar-refractivity contribution in [3.8, 4) is 0 Å². The van der Waals surface area contributed by atoms with Crippen LogP contribution in [0.5, 0.6) is 0 Å². The monoisotopic (exact) mass is 237 g/mol. The molecule has 0 unspecified atom stereocenters. The summed E-state index contributed by atoms with van der Waals surface area (Å²) in [6.45, 7) is 4.62. The fourth-order valence-electron chi connectivity index (χ4n) is 2.70. The number of ether oxygens (including phenoxy) is 1. The molecule has 0 atom stereocenters. The maximum absolute atomic E-state index is 5.92. The Morgan fingerprint density at radius 3 is 2.76 bits per heavy atom. The predicted molar refractivity (Wildman–Crippen MR) is 61.7 cm³/mol. The van der Waals surface area contributed by atoms with Crippen molar-refractivity contribution < 1.29 is 9.26 Å². The number of rotatable bonds is 4. The first-order valence-electron chi connectivity index (χ1n) is 6.53. The molecule has 1 saturated heterocycles. The summed E-state index contributed by atoms with van der Waals surface area (Å²) in [5, 5.41) is 7.37. The minimum atomic E-state index is -0.270. The van der Waals surface area contributed by atoms with Crippen molar-refractivity contribution in [1.29, 1.82) is 0 Å². The fourth-order valence-corrected chi connectivity index (χ4v) is 2.70. The van der Waals surface area contributed by atoms with Crippen molar-refractivity contribution in [2.24, 2.45) is 0 Å². The van der Waals surface area contributed by atoms with Crippen molar-refractivity contribution >= 4 is 0 Å². The lowest BCUT2D eigenvalue weighted by atomic mass is 10.0. The molecule has 3 rings (SSSR count). The number of nitrogens with one attached hydrogen (secondary N) is 1. The van der Waals surface area contributed by atoms with Gasteiger partial charge in [-0.1, -0.05) is 5.16 Å². The SMILES string of the molecule is CCOC1(c2noc(C3CNC3)n2)CCCC1. The standard InChI is InChI=1S/C12H19N3O2/c1-2-16-12(5-3-4-6-12)11-14-10(17-15-11)9-7-13-8-9/h9,13H,2-8H2,1H3. The Hall–Kier alpha value is -0.940. The summed E-state index contributed by atoms with van der Waals surface area (Å²) in [6.07, 6.45) is 4.41. The number of hydrogen-bond donors (Lipinski definition) is 1. The molecule has 0 spiro atoms. The van der Waals surface area contributed by atoms with Crippen LogP contribution >= 0.6 is 0 Å². The molecule has 0 bridgehead atoms. The van der Waals surface area contributed by atoms with Gasteiger partial charge in [0.15, 0.2) is 0 Å². The summed E-state index contributed by atoms with van der Waals surface area (Å²) in [7, 11) is 0. The van der Waals surface area contributed by atoms with Crippen molar-refractivity contribution in [1.82, 2.24) is 15.5 Å². The molecule has 0 radical (unpaired) electrons. The molecule has 1 N–H and O–H groups in total. The molecule has 1 saturated carbocycles. The van der Waals surface area contributed by atoms with Crippen LogP contribution in [0.3, 0.4) is 0 Å².